The lowest BCUT2D eigenvalue weighted by Gasteiger charge is -2.28. The Hall–Kier alpha value is -2.75. The summed E-state index contributed by atoms with van der Waals surface area (Å²) in [5.41, 5.74) is 7.50. The van der Waals surface area contributed by atoms with Crippen LogP contribution in [0.25, 0.3) is 0 Å². The lowest BCUT2D eigenvalue weighted by Crippen LogP contribution is -2.34. The van der Waals surface area contributed by atoms with Gasteiger partial charge in [0.15, 0.2) is 0 Å². The van der Waals surface area contributed by atoms with E-state index in [1.54, 1.807) is 30.3 Å². The third kappa shape index (κ3) is 3.32. The zero-order valence-electron chi connectivity index (χ0n) is 14.9. The maximum Gasteiger partial charge on any atom is 0.258 e. The quantitative estimate of drug-likeness (QED) is 0.823. The topological polar surface area (TPSA) is 101 Å². The Kier molecular flexibility index (Phi) is 5.54. The molecule has 0 saturated heterocycles. The van der Waals surface area contributed by atoms with Crippen LogP contribution in [0.1, 0.15) is 36.1 Å². The third-order valence-corrected chi connectivity index (χ3v) is 4.96. The summed E-state index contributed by atoms with van der Waals surface area (Å²) in [4.78, 5) is 13.3. The number of nitriles is 1. The molecule has 2 heterocycles. The maximum absolute atomic E-state index is 13.3. The molecule has 7 heteroatoms. The van der Waals surface area contributed by atoms with Crippen LogP contribution in [0.2, 0.25) is 5.02 Å². The van der Waals surface area contributed by atoms with Gasteiger partial charge < -0.3 is 20.1 Å². The summed E-state index contributed by atoms with van der Waals surface area (Å²) in [5.74, 6) is -0.420. The molecule has 6 nitrogen and oxygen atoms in total. The zero-order valence-corrected chi connectivity index (χ0v) is 15.7. The number of hydrogen-bond acceptors (Lipinski definition) is 5. The summed E-state index contributed by atoms with van der Waals surface area (Å²) < 4.78 is 7.18. The molecular formula is C20H20ClN3O3. The summed E-state index contributed by atoms with van der Waals surface area (Å²) in [7, 11) is 0. The number of fused-ring (bicyclic) bond motifs is 1. The number of aliphatic hydroxyl groups excluding tert-OH is 1. The number of nitrogens with two attached hydrogens (primary N) is 1. The van der Waals surface area contributed by atoms with Crippen LogP contribution in [0.15, 0.2) is 46.6 Å². The van der Waals surface area contributed by atoms with Gasteiger partial charge in [0, 0.05) is 23.3 Å². The molecule has 1 atom stereocenters. The van der Waals surface area contributed by atoms with Crippen LogP contribution in [0.3, 0.4) is 0 Å². The highest BCUT2D eigenvalue weighted by Crippen LogP contribution is 2.42. The van der Waals surface area contributed by atoms with Crippen molar-refractivity contribution >= 4 is 11.6 Å². The number of aromatic nitrogens is 1. The van der Waals surface area contributed by atoms with Gasteiger partial charge in [0.2, 0.25) is 5.88 Å². The molecular weight excluding hydrogens is 366 g/mol. The summed E-state index contributed by atoms with van der Waals surface area (Å²) >= 11 is 6.37. The fourth-order valence-corrected chi connectivity index (χ4v) is 3.69. The number of ether oxygens (including phenoxy) is 1. The van der Waals surface area contributed by atoms with E-state index in [1.807, 2.05) is 6.92 Å². The Balaban J connectivity index is 2.34. The summed E-state index contributed by atoms with van der Waals surface area (Å²) in [5, 5.41) is 19.5. The van der Waals surface area contributed by atoms with E-state index in [0.29, 0.717) is 28.3 Å². The molecule has 3 N–H and O–H groups in total. The number of rotatable bonds is 5. The minimum atomic E-state index is -0.722. The molecule has 3 rings (SSSR count). The fourth-order valence-electron chi connectivity index (χ4n) is 3.45. The summed E-state index contributed by atoms with van der Waals surface area (Å²) in [6.45, 7) is 2.00. The second kappa shape index (κ2) is 7.87. The van der Waals surface area contributed by atoms with E-state index in [-0.39, 0.29) is 30.2 Å². The first-order chi connectivity index (χ1) is 13.0. The van der Waals surface area contributed by atoms with Gasteiger partial charge in [0.25, 0.3) is 5.56 Å². The lowest BCUT2D eigenvalue weighted by atomic mass is 9.84. The van der Waals surface area contributed by atoms with Crippen LogP contribution in [-0.2, 0) is 13.0 Å². The molecule has 1 aliphatic rings. The molecule has 0 bridgehead atoms. The molecule has 1 aromatic heterocycles. The predicted octanol–water partition coefficient (Wildman–Crippen LogP) is 2.66. The van der Waals surface area contributed by atoms with Gasteiger partial charge in [-0.05, 0) is 18.1 Å². The Labute approximate surface area is 162 Å². The van der Waals surface area contributed by atoms with Crippen LogP contribution < -0.4 is 16.0 Å². The van der Waals surface area contributed by atoms with Crippen LogP contribution in [0.5, 0.6) is 5.75 Å². The molecule has 0 aliphatic carbocycles. The Bertz CT molecular complexity index is 1000. The highest BCUT2D eigenvalue weighted by atomic mass is 35.5. The van der Waals surface area contributed by atoms with Crippen molar-refractivity contribution in [2.24, 2.45) is 5.73 Å². The number of benzene rings is 1. The average Bonchev–Trinajstić information content (AvgIpc) is 2.64. The molecule has 140 valence electrons. The van der Waals surface area contributed by atoms with Crippen molar-refractivity contribution in [1.29, 1.82) is 5.26 Å². The number of halogens is 1. The molecule has 0 spiro atoms. The van der Waals surface area contributed by atoms with Gasteiger partial charge in [-0.3, -0.25) is 4.79 Å². The minimum absolute atomic E-state index is 0.0309. The number of hydrogen-bond donors (Lipinski definition) is 2. The highest BCUT2D eigenvalue weighted by molar-refractivity contribution is 6.31. The number of aliphatic hydroxyl groups is 1. The Morgan fingerprint density at radius 2 is 2.15 bits per heavy atom. The van der Waals surface area contributed by atoms with Gasteiger partial charge in [0.05, 0.1) is 18.1 Å². The monoisotopic (exact) mass is 385 g/mol. The normalized spacial score (nSPS) is 15.9. The third-order valence-electron chi connectivity index (χ3n) is 4.61. The van der Waals surface area contributed by atoms with Crippen molar-refractivity contribution in [3.8, 4) is 11.8 Å². The van der Waals surface area contributed by atoms with Crippen LogP contribution in [0.4, 0.5) is 0 Å². The highest BCUT2D eigenvalue weighted by Gasteiger charge is 2.35. The first-order valence-electron chi connectivity index (χ1n) is 8.72. The van der Waals surface area contributed by atoms with Crippen molar-refractivity contribution in [2.75, 3.05) is 6.61 Å². The van der Waals surface area contributed by atoms with Gasteiger partial charge in [-0.1, -0.05) is 43.1 Å². The van der Waals surface area contributed by atoms with Crippen LogP contribution in [0, 0.1) is 11.3 Å². The molecule has 1 aromatic carbocycles. The molecule has 0 fully saturated rings. The van der Waals surface area contributed by atoms with E-state index < -0.39 is 5.92 Å². The van der Waals surface area contributed by atoms with Crippen molar-refractivity contribution in [1.82, 2.24) is 4.57 Å². The molecule has 1 unspecified atom stereocenters. The van der Waals surface area contributed by atoms with Crippen molar-refractivity contribution in [3.63, 3.8) is 0 Å². The number of pyridine rings is 1. The van der Waals surface area contributed by atoms with Gasteiger partial charge in [-0.2, -0.15) is 5.26 Å². The molecule has 1 aliphatic heterocycles. The zero-order chi connectivity index (χ0) is 19.6. The van der Waals surface area contributed by atoms with E-state index in [1.165, 1.54) is 4.57 Å². The molecule has 0 saturated carbocycles. The van der Waals surface area contributed by atoms with Gasteiger partial charge in [-0.15, -0.1) is 0 Å². The van der Waals surface area contributed by atoms with Gasteiger partial charge in [0.1, 0.15) is 17.4 Å². The maximum atomic E-state index is 13.3. The Morgan fingerprint density at radius 1 is 1.41 bits per heavy atom. The first kappa shape index (κ1) is 19.0. The van der Waals surface area contributed by atoms with Crippen LogP contribution >= 0.6 is 11.6 Å². The summed E-state index contributed by atoms with van der Waals surface area (Å²) in [6.07, 6.45) is 1.48. The second-order valence-electron chi connectivity index (χ2n) is 6.29. The molecule has 27 heavy (non-hydrogen) atoms. The smallest absolute Gasteiger partial charge is 0.258 e. The van der Waals surface area contributed by atoms with Gasteiger partial charge >= 0.3 is 0 Å². The first-order valence-corrected chi connectivity index (χ1v) is 9.10. The molecule has 0 amide bonds. The van der Waals surface area contributed by atoms with E-state index in [4.69, 9.17) is 22.1 Å². The van der Waals surface area contributed by atoms with E-state index in [9.17, 15) is 15.2 Å². The van der Waals surface area contributed by atoms with Crippen molar-refractivity contribution in [3.05, 3.63) is 74.0 Å². The molecule has 2 aromatic rings. The fraction of sp³-hybridized carbons (Fsp3) is 0.300. The van der Waals surface area contributed by atoms with Gasteiger partial charge in [-0.25, -0.2) is 0 Å². The van der Waals surface area contributed by atoms with E-state index in [0.717, 1.165) is 12.1 Å². The number of allylic oxidation sites excluding steroid dienone is 1. The lowest BCUT2D eigenvalue weighted by molar-refractivity contribution is 0.271. The second-order valence-corrected chi connectivity index (χ2v) is 6.70. The molecule has 0 radical (unpaired) electrons. The number of nitrogens with zero attached hydrogens (tertiary/aromatic N) is 2. The standard InChI is InChI=1S/C20H20ClN3O3/c1-2-5-12-10-16-18(20(26)24(12)8-9-25)17(14(11-22)19(23)27-16)13-6-3-4-7-15(13)21/h3-4,6-7,10,17,25H,2,5,8-9,23H2,1H3. The Morgan fingerprint density at radius 3 is 2.78 bits per heavy atom. The predicted molar refractivity (Wildman–Crippen MR) is 103 cm³/mol. The van der Waals surface area contributed by atoms with Crippen LogP contribution in [-0.4, -0.2) is 16.3 Å². The van der Waals surface area contributed by atoms with E-state index >= 15 is 0 Å². The average molecular weight is 386 g/mol. The minimum Gasteiger partial charge on any atom is -0.440 e. The number of aryl methyl sites for hydroxylation is 1. The summed E-state index contributed by atoms with van der Waals surface area (Å²) in [6, 6.07) is 10.9. The SMILES string of the molecule is CCCc1cc2c(c(=O)n1CCO)C(c1ccccc1Cl)C(C#N)=C(N)O2. The van der Waals surface area contributed by atoms with E-state index in [2.05, 4.69) is 6.07 Å². The van der Waals surface area contributed by atoms with Crippen molar-refractivity contribution in [2.45, 2.75) is 32.2 Å². The largest absolute Gasteiger partial charge is 0.440 e. The van der Waals surface area contributed by atoms with Crippen molar-refractivity contribution < 1.29 is 9.84 Å².